The van der Waals surface area contributed by atoms with E-state index in [1.807, 2.05) is 0 Å². The number of hydrogen-bond donors (Lipinski definition) is 2. The van der Waals surface area contributed by atoms with Gasteiger partial charge in [-0.2, -0.15) is 0 Å². The topological polar surface area (TPSA) is 72.5 Å². The Bertz CT molecular complexity index is 928. The number of carbonyl (C=O) groups is 1. The van der Waals surface area contributed by atoms with E-state index in [0.717, 1.165) is 55.3 Å². The number of fused-ring (bicyclic) bond motifs is 5. The first-order valence-electron chi connectivity index (χ1n) is 15.4. The van der Waals surface area contributed by atoms with E-state index in [1.165, 1.54) is 44.9 Å². The number of nitrogen functional groups attached to an aromatic ring is 1. The van der Waals surface area contributed by atoms with Crippen molar-refractivity contribution in [2.75, 3.05) is 5.73 Å². The molecule has 0 radical (unpaired) electrons. The zero-order valence-electron chi connectivity index (χ0n) is 23.7. The molecule has 0 bridgehead atoms. The largest absolute Gasteiger partial charge is 0.458 e. The number of aliphatic hydroxyl groups is 1. The zero-order chi connectivity index (χ0) is 26.3. The van der Waals surface area contributed by atoms with Gasteiger partial charge in [-0.15, -0.1) is 0 Å². The summed E-state index contributed by atoms with van der Waals surface area (Å²) in [6.07, 6.45) is 12.9. The molecule has 0 saturated heterocycles. The second-order valence-corrected chi connectivity index (χ2v) is 14.1. The summed E-state index contributed by atoms with van der Waals surface area (Å²) in [4.78, 5) is 13.2. The Hall–Kier alpha value is -1.55. The van der Waals surface area contributed by atoms with E-state index in [0.29, 0.717) is 34.4 Å². The molecule has 0 amide bonds. The maximum absolute atomic E-state index is 13.2. The number of carbonyl (C=O) groups excluding carboxylic acids is 1. The molecule has 3 N–H and O–H groups in total. The van der Waals surface area contributed by atoms with Crippen molar-refractivity contribution in [3.63, 3.8) is 0 Å². The van der Waals surface area contributed by atoms with Crippen molar-refractivity contribution in [2.24, 2.45) is 52.8 Å². The fraction of sp³-hybridized carbons (Fsp3) is 0.788. The minimum absolute atomic E-state index is 0.0869. The van der Waals surface area contributed by atoms with Gasteiger partial charge in [-0.1, -0.05) is 47.0 Å². The molecule has 0 aromatic heterocycles. The summed E-state index contributed by atoms with van der Waals surface area (Å²) in [7, 11) is 0. The Morgan fingerprint density at radius 3 is 2.43 bits per heavy atom. The van der Waals surface area contributed by atoms with E-state index in [4.69, 9.17) is 10.5 Å². The number of hydrogen-bond acceptors (Lipinski definition) is 4. The third-order valence-electron chi connectivity index (χ3n) is 11.6. The molecule has 4 aliphatic rings. The van der Waals surface area contributed by atoms with Crippen LogP contribution in [-0.2, 0) is 4.74 Å². The van der Waals surface area contributed by atoms with E-state index in [-0.39, 0.29) is 18.2 Å². The summed E-state index contributed by atoms with van der Waals surface area (Å²) in [6, 6.07) is 7.09. The second-order valence-electron chi connectivity index (χ2n) is 14.1. The van der Waals surface area contributed by atoms with Crippen molar-refractivity contribution in [1.82, 2.24) is 0 Å². The lowest BCUT2D eigenvalue weighted by Gasteiger charge is -2.58. The molecular weight excluding hydrogens is 458 g/mol. The number of benzene rings is 1. The highest BCUT2D eigenvalue weighted by Crippen LogP contribution is 2.65. The molecule has 4 fully saturated rings. The molecule has 5 rings (SSSR count). The van der Waals surface area contributed by atoms with Crippen LogP contribution in [0.25, 0.3) is 0 Å². The molecule has 1 aromatic rings. The Kier molecular flexibility index (Phi) is 7.97. The fourth-order valence-electron chi connectivity index (χ4n) is 9.78. The van der Waals surface area contributed by atoms with Crippen LogP contribution in [0.4, 0.5) is 5.69 Å². The number of nitrogens with two attached hydrogens (primary N) is 1. The molecule has 37 heavy (non-hydrogen) atoms. The lowest BCUT2D eigenvalue weighted by atomic mass is 9.48. The average Bonchev–Trinajstić information content (AvgIpc) is 3.21. The van der Waals surface area contributed by atoms with E-state index >= 15 is 0 Å². The van der Waals surface area contributed by atoms with Gasteiger partial charge in [0, 0.05) is 11.6 Å². The van der Waals surface area contributed by atoms with Gasteiger partial charge < -0.3 is 15.6 Å². The van der Waals surface area contributed by atoms with Crippen LogP contribution in [0.15, 0.2) is 24.3 Å². The van der Waals surface area contributed by atoms with Crippen LogP contribution >= 0.6 is 0 Å². The van der Waals surface area contributed by atoms with Crippen LogP contribution in [-0.4, -0.2) is 23.3 Å². The molecule has 206 valence electrons. The molecule has 10 unspecified atom stereocenters. The summed E-state index contributed by atoms with van der Waals surface area (Å²) < 4.78 is 6.32. The van der Waals surface area contributed by atoms with Gasteiger partial charge in [0.05, 0.1) is 11.7 Å². The second kappa shape index (κ2) is 10.9. The predicted octanol–water partition coefficient (Wildman–Crippen LogP) is 7.50. The minimum atomic E-state index is -0.257. The van der Waals surface area contributed by atoms with Crippen LogP contribution in [0.5, 0.6) is 0 Å². The van der Waals surface area contributed by atoms with Crippen LogP contribution in [0, 0.1) is 52.8 Å². The monoisotopic (exact) mass is 509 g/mol. The highest BCUT2D eigenvalue weighted by molar-refractivity contribution is 5.89. The quantitative estimate of drug-likeness (QED) is 0.295. The van der Waals surface area contributed by atoms with E-state index in [1.54, 1.807) is 24.3 Å². The first kappa shape index (κ1) is 27.0. The van der Waals surface area contributed by atoms with Crippen molar-refractivity contribution >= 4 is 11.7 Å². The first-order valence-corrected chi connectivity index (χ1v) is 15.4. The van der Waals surface area contributed by atoms with Gasteiger partial charge in [-0.05, 0) is 122 Å². The van der Waals surface area contributed by atoms with Crippen molar-refractivity contribution in [3.05, 3.63) is 29.8 Å². The maximum atomic E-state index is 13.2. The van der Waals surface area contributed by atoms with Crippen molar-refractivity contribution in [2.45, 2.75) is 111 Å². The number of rotatable bonds is 7. The third kappa shape index (κ3) is 5.34. The zero-order valence-corrected chi connectivity index (χ0v) is 23.7. The molecule has 0 aliphatic heterocycles. The van der Waals surface area contributed by atoms with E-state index in [9.17, 15) is 9.90 Å². The predicted molar refractivity (Wildman–Crippen MR) is 150 cm³/mol. The van der Waals surface area contributed by atoms with Gasteiger partial charge in [0.2, 0.25) is 0 Å². The molecule has 4 nitrogen and oxygen atoms in total. The van der Waals surface area contributed by atoms with Gasteiger partial charge in [0.25, 0.3) is 0 Å². The van der Waals surface area contributed by atoms with Crippen LogP contribution in [0.1, 0.15) is 109 Å². The Morgan fingerprint density at radius 2 is 1.70 bits per heavy atom. The fourth-order valence-corrected chi connectivity index (χ4v) is 9.78. The molecule has 4 aliphatic carbocycles. The van der Waals surface area contributed by atoms with Gasteiger partial charge in [-0.25, -0.2) is 4.79 Å². The SMILES string of the molecule is CC(C)CCCC(C)C1CCC2C3CC(OC(=O)c4ccc(N)cc4)C4CC(O)CCC4C3CCC12C. The summed E-state index contributed by atoms with van der Waals surface area (Å²) >= 11 is 0. The number of aliphatic hydroxyl groups excluding tert-OH is 1. The molecule has 0 heterocycles. The van der Waals surface area contributed by atoms with Crippen molar-refractivity contribution in [1.29, 1.82) is 0 Å². The molecule has 10 atom stereocenters. The first-order chi connectivity index (χ1) is 17.7. The molecule has 4 saturated carbocycles. The number of esters is 1. The molecule has 1 aromatic carbocycles. The van der Waals surface area contributed by atoms with E-state index < -0.39 is 0 Å². The van der Waals surface area contributed by atoms with E-state index in [2.05, 4.69) is 27.7 Å². The van der Waals surface area contributed by atoms with Crippen LogP contribution in [0.3, 0.4) is 0 Å². The van der Waals surface area contributed by atoms with Gasteiger partial charge in [-0.3, -0.25) is 0 Å². The average molecular weight is 510 g/mol. The molecule has 4 heteroatoms. The highest BCUT2D eigenvalue weighted by Gasteiger charge is 2.59. The number of anilines is 1. The Balaban J connectivity index is 1.34. The van der Waals surface area contributed by atoms with Crippen LogP contribution in [0.2, 0.25) is 0 Å². The van der Waals surface area contributed by atoms with Gasteiger partial charge in [0.15, 0.2) is 0 Å². The Morgan fingerprint density at radius 1 is 0.973 bits per heavy atom. The highest BCUT2D eigenvalue weighted by atomic mass is 16.5. The lowest BCUT2D eigenvalue weighted by Crippen LogP contribution is -2.54. The van der Waals surface area contributed by atoms with Gasteiger partial charge >= 0.3 is 5.97 Å². The van der Waals surface area contributed by atoms with Gasteiger partial charge in [0.1, 0.15) is 6.10 Å². The maximum Gasteiger partial charge on any atom is 0.338 e. The molecular formula is C33H51NO3. The normalized spacial score (nSPS) is 39.9. The third-order valence-corrected chi connectivity index (χ3v) is 11.6. The molecule has 0 spiro atoms. The van der Waals surface area contributed by atoms with Crippen molar-refractivity contribution in [3.8, 4) is 0 Å². The summed E-state index contributed by atoms with van der Waals surface area (Å²) in [6.45, 7) is 9.84. The Labute approximate surface area is 225 Å². The summed E-state index contributed by atoms with van der Waals surface area (Å²) in [5.74, 6) is 5.19. The minimum Gasteiger partial charge on any atom is -0.458 e. The standard InChI is InChI=1S/C33H51NO3/c1-20(2)6-5-7-21(3)29-14-15-30-27-19-31(37-32(36)22-8-10-23(34)11-9-22)28-18-24(35)12-13-25(28)26(27)16-17-33(29,30)4/h8-11,20-21,24-31,35H,5-7,12-19,34H2,1-4H3. The summed E-state index contributed by atoms with van der Waals surface area (Å²) in [5.41, 5.74) is 7.50. The number of ether oxygens (including phenoxy) is 1. The smallest absolute Gasteiger partial charge is 0.338 e. The van der Waals surface area contributed by atoms with Crippen LogP contribution < -0.4 is 5.73 Å². The van der Waals surface area contributed by atoms with Crippen molar-refractivity contribution < 1.29 is 14.6 Å². The summed E-state index contributed by atoms with van der Waals surface area (Å²) in [5, 5.41) is 10.6. The lowest BCUT2D eigenvalue weighted by molar-refractivity contribution is -0.131.